The van der Waals surface area contributed by atoms with Gasteiger partial charge in [-0.15, -0.1) is 0 Å². The molecule has 2 aliphatic heterocycles. The number of rotatable bonds is 5. The first kappa shape index (κ1) is 19.5. The predicted octanol–water partition coefficient (Wildman–Crippen LogP) is 4.86. The van der Waals surface area contributed by atoms with Crippen molar-refractivity contribution < 1.29 is 18.0 Å². The second-order valence-electron chi connectivity index (χ2n) is 7.77. The molecule has 1 amide bonds. The van der Waals surface area contributed by atoms with Crippen molar-refractivity contribution in [3.05, 3.63) is 69.7 Å². The van der Waals surface area contributed by atoms with Crippen molar-refractivity contribution in [1.82, 2.24) is 10.2 Å². The van der Waals surface area contributed by atoms with Crippen LogP contribution in [0.1, 0.15) is 34.3 Å². The van der Waals surface area contributed by atoms with Crippen LogP contribution >= 0.6 is 15.9 Å². The zero-order chi connectivity index (χ0) is 19.9. The molecule has 1 saturated carbocycles. The molecule has 2 heterocycles. The third kappa shape index (κ3) is 3.82. The van der Waals surface area contributed by atoms with Gasteiger partial charge in [0, 0.05) is 35.2 Å². The standard InChI is InChI=1S/C21H20BrF3N2O/c22-18-7-16(6-17(8-18)21(23,24)25)19(28)26-13-20-9-15(10-20)12-27(20)11-14-4-2-1-3-5-14/h1-8,15H,9-13H2,(H,26,28). The second-order valence-corrected chi connectivity index (χ2v) is 8.69. The Bertz CT molecular complexity index is 879. The normalized spacial score (nSPS) is 24.1. The maximum Gasteiger partial charge on any atom is 0.416 e. The Balaban J connectivity index is 1.44. The summed E-state index contributed by atoms with van der Waals surface area (Å²) in [5.41, 5.74) is 0.319. The van der Waals surface area contributed by atoms with E-state index >= 15 is 0 Å². The molecule has 0 radical (unpaired) electrons. The van der Waals surface area contributed by atoms with Gasteiger partial charge in [-0.05, 0) is 42.5 Å². The van der Waals surface area contributed by atoms with E-state index in [9.17, 15) is 18.0 Å². The first-order chi connectivity index (χ1) is 13.2. The molecule has 1 aliphatic carbocycles. The van der Waals surface area contributed by atoms with Crippen LogP contribution in [-0.2, 0) is 12.7 Å². The van der Waals surface area contributed by atoms with Gasteiger partial charge in [0.15, 0.2) is 0 Å². The van der Waals surface area contributed by atoms with Crippen LogP contribution in [-0.4, -0.2) is 29.4 Å². The summed E-state index contributed by atoms with van der Waals surface area (Å²) >= 11 is 3.07. The first-order valence-corrected chi connectivity index (χ1v) is 9.99. The van der Waals surface area contributed by atoms with E-state index in [2.05, 4.69) is 38.3 Å². The number of nitrogens with zero attached hydrogens (tertiary/aromatic N) is 1. The average Bonchev–Trinajstić information content (AvgIpc) is 3.13. The van der Waals surface area contributed by atoms with Crippen molar-refractivity contribution in [2.45, 2.75) is 31.1 Å². The van der Waals surface area contributed by atoms with Gasteiger partial charge in [0.1, 0.15) is 0 Å². The smallest absolute Gasteiger partial charge is 0.350 e. The molecule has 1 N–H and O–H groups in total. The zero-order valence-corrected chi connectivity index (χ0v) is 16.7. The van der Waals surface area contributed by atoms with Gasteiger partial charge in [-0.1, -0.05) is 46.3 Å². The van der Waals surface area contributed by atoms with Crippen LogP contribution in [0.3, 0.4) is 0 Å². The number of amides is 1. The highest BCUT2D eigenvalue weighted by Crippen LogP contribution is 2.50. The molecule has 0 unspecified atom stereocenters. The molecule has 3 fully saturated rings. The summed E-state index contributed by atoms with van der Waals surface area (Å²) in [5.74, 6) is 0.166. The number of benzene rings is 2. The minimum atomic E-state index is -4.49. The molecular weight excluding hydrogens is 433 g/mol. The lowest BCUT2D eigenvalue weighted by Crippen LogP contribution is -2.53. The van der Waals surface area contributed by atoms with Crippen molar-refractivity contribution in [3.63, 3.8) is 0 Å². The lowest BCUT2D eigenvalue weighted by molar-refractivity contribution is -0.137. The molecule has 2 aromatic rings. The number of hydrogen-bond donors (Lipinski definition) is 1. The molecule has 3 aliphatic rings. The van der Waals surface area contributed by atoms with E-state index in [1.807, 2.05) is 18.2 Å². The largest absolute Gasteiger partial charge is 0.416 e. The average molecular weight is 453 g/mol. The molecule has 0 spiro atoms. The van der Waals surface area contributed by atoms with Crippen LogP contribution in [0.4, 0.5) is 13.2 Å². The van der Waals surface area contributed by atoms with Gasteiger partial charge in [0.25, 0.3) is 5.91 Å². The van der Waals surface area contributed by atoms with Crippen LogP contribution in [0.5, 0.6) is 0 Å². The number of hydrogen-bond acceptors (Lipinski definition) is 2. The summed E-state index contributed by atoms with van der Waals surface area (Å²) < 4.78 is 39.3. The summed E-state index contributed by atoms with van der Waals surface area (Å²) in [6, 6.07) is 13.5. The topological polar surface area (TPSA) is 32.3 Å². The van der Waals surface area contributed by atoms with E-state index in [-0.39, 0.29) is 15.6 Å². The minimum absolute atomic E-state index is 0.0154. The van der Waals surface area contributed by atoms with E-state index in [0.717, 1.165) is 38.1 Å². The van der Waals surface area contributed by atoms with E-state index in [4.69, 9.17) is 0 Å². The molecular formula is C21H20BrF3N2O. The number of nitrogens with one attached hydrogen (secondary N) is 1. The summed E-state index contributed by atoms with van der Waals surface area (Å²) in [6.07, 6.45) is -2.45. The molecule has 28 heavy (non-hydrogen) atoms. The van der Waals surface area contributed by atoms with Gasteiger partial charge < -0.3 is 5.32 Å². The molecule has 7 heteroatoms. The van der Waals surface area contributed by atoms with Crippen molar-refractivity contribution in [3.8, 4) is 0 Å². The lowest BCUT2D eigenvalue weighted by atomic mass is 9.73. The molecule has 0 aromatic heterocycles. The highest BCUT2D eigenvalue weighted by molar-refractivity contribution is 9.10. The van der Waals surface area contributed by atoms with Crippen LogP contribution < -0.4 is 5.32 Å². The van der Waals surface area contributed by atoms with E-state index in [0.29, 0.717) is 12.5 Å². The Kier molecular flexibility index (Phi) is 5.00. The highest BCUT2D eigenvalue weighted by Gasteiger charge is 2.55. The Morgan fingerprint density at radius 3 is 2.57 bits per heavy atom. The van der Waals surface area contributed by atoms with E-state index in [1.54, 1.807) is 0 Å². The Labute approximate surface area is 170 Å². The van der Waals surface area contributed by atoms with Crippen LogP contribution in [0.2, 0.25) is 0 Å². The number of alkyl halides is 3. The summed E-state index contributed by atoms with van der Waals surface area (Å²) in [5, 5.41) is 2.87. The fourth-order valence-corrected chi connectivity index (χ4v) is 4.92. The van der Waals surface area contributed by atoms with Crippen molar-refractivity contribution >= 4 is 21.8 Å². The first-order valence-electron chi connectivity index (χ1n) is 9.20. The molecule has 5 rings (SSSR count). The highest BCUT2D eigenvalue weighted by atomic mass is 79.9. The number of fused-ring (bicyclic) bond motifs is 1. The number of carbonyl (C=O) groups excluding carboxylic acids is 1. The van der Waals surface area contributed by atoms with E-state index in [1.165, 1.54) is 11.6 Å². The lowest BCUT2D eigenvalue weighted by Gasteiger charge is -2.42. The zero-order valence-electron chi connectivity index (χ0n) is 15.1. The summed E-state index contributed by atoms with van der Waals surface area (Å²) in [4.78, 5) is 14.9. The van der Waals surface area contributed by atoms with Gasteiger partial charge >= 0.3 is 6.18 Å². The fraction of sp³-hybridized carbons (Fsp3) is 0.381. The van der Waals surface area contributed by atoms with Gasteiger partial charge in [-0.3, -0.25) is 9.69 Å². The monoisotopic (exact) mass is 452 g/mol. The molecule has 148 valence electrons. The predicted molar refractivity (Wildman–Crippen MR) is 104 cm³/mol. The summed E-state index contributed by atoms with van der Waals surface area (Å²) in [6.45, 7) is 2.27. The Morgan fingerprint density at radius 1 is 1.18 bits per heavy atom. The van der Waals surface area contributed by atoms with Crippen LogP contribution in [0, 0.1) is 5.92 Å². The maximum absolute atomic E-state index is 13.0. The van der Waals surface area contributed by atoms with Gasteiger partial charge in [0.05, 0.1) is 5.56 Å². The van der Waals surface area contributed by atoms with Crippen molar-refractivity contribution in [2.75, 3.05) is 13.1 Å². The van der Waals surface area contributed by atoms with Crippen LogP contribution in [0.15, 0.2) is 53.0 Å². The second kappa shape index (κ2) is 7.19. The summed E-state index contributed by atoms with van der Waals surface area (Å²) in [7, 11) is 0. The quantitative estimate of drug-likeness (QED) is 0.702. The fourth-order valence-electron chi connectivity index (χ4n) is 4.43. The SMILES string of the molecule is O=C(NCC12CC(CN1Cc1ccccc1)C2)c1cc(Br)cc(C(F)(F)F)c1. The van der Waals surface area contributed by atoms with Crippen LogP contribution in [0.25, 0.3) is 0 Å². The molecule has 2 bridgehead atoms. The Morgan fingerprint density at radius 2 is 1.89 bits per heavy atom. The number of halogens is 4. The van der Waals surface area contributed by atoms with Gasteiger partial charge in [-0.2, -0.15) is 13.2 Å². The van der Waals surface area contributed by atoms with Crippen molar-refractivity contribution in [1.29, 1.82) is 0 Å². The minimum Gasteiger partial charge on any atom is -0.350 e. The third-order valence-electron chi connectivity index (χ3n) is 5.77. The van der Waals surface area contributed by atoms with Crippen molar-refractivity contribution in [2.24, 2.45) is 5.92 Å². The molecule has 2 aromatic carbocycles. The molecule has 3 nitrogen and oxygen atoms in total. The molecule has 2 saturated heterocycles. The third-order valence-corrected chi connectivity index (χ3v) is 6.23. The maximum atomic E-state index is 13.0. The Hall–Kier alpha value is -1.86. The van der Waals surface area contributed by atoms with Gasteiger partial charge in [0.2, 0.25) is 0 Å². The van der Waals surface area contributed by atoms with Gasteiger partial charge in [-0.25, -0.2) is 0 Å². The molecule has 0 atom stereocenters. The number of carbonyl (C=O) groups is 1. The van der Waals surface area contributed by atoms with E-state index < -0.39 is 17.6 Å².